The number of nitrogens with one attached hydrogen (secondary N) is 1. The Hall–Kier alpha value is -3.03. The zero-order chi connectivity index (χ0) is 18.1. The van der Waals surface area contributed by atoms with Crippen molar-refractivity contribution in [3.63, 3.8) is 0 Å². The molecular formula is C18H19FN6O. The molecule has 1 atom stereocenters. The molecule has 1 aliphatic heterocycles. The van der Waals surface area contributed by atoms with Gasteiger partial charge < -0.3 is 10.2 Å². The van der Waals surface area contributed by atoms with Gasteiger partial charge in [-0.2, -0.15) is 5.10 Å². The van der Waals surface area contributed by atoms with E-state index in [0.717, 1.165) is 19.4 Å². The second-order valence-electron chi connectivity index (χ2n) is 6.46. The molecule has 4 rings (SSSR count). The van der Waals surface area contributed by atoms with Crippen LogP contribution >= 0.6 is 0 Å². The summed E-state index contributed by atoms with van der Waals surface area (Å²) in [4.78, 5) is 23.1. The third-order valence-corrected chi connectivity index (χ3v) is 4.69. The summed E-state index contributed by atoms with van der Waals surface area (Å²) in [6.07, 6.45) is 4.89. The third-order valence-electron chi connectivity index (χ3n) is 4.69. The van der Waals surface area contributed by atoms with Crippen LogP contribution < -0.4 is 10.2 Å². The highest BCUT2D eigenvalue weighted by Crippen LogP contribution is 2.26. The van der Waals surface area contributed by atoms with Crippen molar-refractivity contribution in [1.82, 2.24) is 25.1 Å². The molecular weight excluding hydrogens is 335 g/mol. The average Bonchev–Trinajstić information content (AvgIpc) is 3.07. The number of piperidine rings is 1. The molecule has 1 N–H and O–H groups in total. The maximum atomic E-state index is 13.7. The van der Waals surface area contributed by atoms with Gasteiger partial charge in [0.1, 0.15) is 23.7 Å². The molecule has 0 radical (unpaired) electrons. The molecule has 26 heavy (non-hydrogen) atoms. The Labute approximate surface area is 149 Å². The number of hydrogen-bond acceptors (Lipinski definition) is 5. The van der Waals surface area contributed by atoms with Gasteiger partial charge in [0.2, 0.25) is 0 Å². The van der Waals surface area contributed by atoms with Gasteiger partial charge in [0.25, 0.3) is 5.91 Å². The van der Waals surface area contributed by atoms with E-state index in [-0.39, 0.29) is 17.8 Å². The predicted molar refractivity (Wildman–Crippen MR) is 95.4 cm³/mol. The minimum Gasteiger partial charge on any atom is -0.354 e. The molecule has 1 unspecified atom stereocenters. The minimum absolute atomic E-state index is 0.00951. The molecule has 3 heterocycles. The van der Waals surface area contributed by atoms with Crippen molar-refractivity contribution in [1.29, 1.82) is 0 Å². The molecule has 1 saturated heterocycles. The summed E-state index contributed by atoms with van der Waals surface area (Å²) < 4.78 is 15.2. The van der Waals surface area contributed by atoms with Gasteiger partial charge in [-0.15, -0.1) is 0 Å². The molecule has 0 saturated carbocycles. The zero-order valence-electron chi connectivity index (χ0n) is 14.4. The van der Waals surface area contributed by atoms with Crippen LogP contribution in [-0.2, 0) is 7.05 Å². The molecule has 0 spiro atoms. The Morgan fingerprint density at radius 3 is 3.00 bits per heavy atom. The number of halogens is 1. The fourth-order valence-electron chi connectivity index (χ4n) is 3.41. The maximum Gasteiger partial charge on any atom is 0.269 e. The third kappa shape index (κ3) is 3.10. The van der Waals surface area contributed by atoms with Crippen LogP contribution in [0.3, 0.4) is 0 Å². The summed E-state index contributed by atoms with van der Waals surface area (Å²) in [6.45, 7) is 1.42. The fraction of sp³-hybridized carbons (Fsp3) is 0.333. The quantitative estimate of drug-likeness (QED) is 0.777. The molecule has 3 aromatic rings. The van der Waals surface area contributed by atoms with Gasteiger partial charge >= 0.3 is 0 Å². The van der Waals surface area contributed by atoms with Crippen molar-refractivity contribution < 1.29 is 9.18 Å². The number of aromatic nitrogens is 4. The molecule has 2 aromatic heterocycles. The lowest BCUT2D eigenvalue weighted by molar-refractivity contribution is 0.0923. The molecule has 0 aliphatic carbocycles. The van der Waals surface area contributed by atoms with Crippen molar-refractivity contribution in [2.75, 3.05) is 18.0 Å². The van der Waals surface area contributed by atoms with E-state index < -0.39 is 0 Å². The summed E-state index contributed by atoms with van der Waals surface area (Å²) >= 11 is 0. The molecule has 8 heteroatoms. The van der Waals surface area contributed by atoms with Crippen LogP contribution in [0.1, 0.15) is 23.3 Å². The molecule has 134 valence electrons. The average molecular weight is 354 g/mol. The highest BCUT2D eigenvalue weighted by atomic mass is 19.1. The molecule has 0 bridgehead atoms. The van der Waals surface area contributed by atoms with E-state index in [1.807, 2.05) is 0 Å². The van der Waals surface area contributed by atoms with Crippen molar-refractivity contribution >= 4 is 22.6 Å². The highest BCUT2D eigenvalue weighted by Gasteiger charge is 2.24. The number of rotatable bonds is 3. The van der Waals surface area contributed by atoms with Crippen molar-refractivity contribution in [2.45, 2.75) is 18.9 Å². The van der Waals surface area contributed by atoms with Crippen LogP contribution in [0.4, 0.5) is 10.2 Å². The summed E-state index contributed by atoms with van der Waals surface area (Å²) in [5.41, 5.74) is 1.23. The van der Waals surface area contributed by atoms with Crippen LogP contribution in [0.25, 0.3) is 10.9 Å². The SMILES string of the molecule is Cn1nccc1C(=O)NC1CCCN(c2ncnc3ccc(F)cc23)C1. The lowest BCUT2D eigenvalue weighted by atomic mass is 10.0. The van der Waals surface area contributed by atoms with Gasteiger partial charge in [0.05, 0.1) is 5.52 Å². The highest BCUT2D eigenvalue weighted by molar-refractivity contribution is 5.93. The number of amides is 1. The first-order chi connectivity index (χ1) is 12.6. The first-order valence-electron chi connectivity index (χ1n) is 8.56. The summed E-state index contributed by atoms with van der Waals surface area (Å²) in [5.74, 6) is 0.246. The molecule has 1 fully saturated rings. The first kappa shape index (κ1) is 16.4. The van der Waals surface area contributed by atoms with E-state index in [1.165, 1.54) is 18.5 Å². The fourth-order valence-corrected chi connectivity index (χ4v) is 3.41. The van der Waals surface area contributed by atoms with Crippen molar-refractivity contribution in [2.24, 2.45) is 7.05 Å². The van der Waals surface area contributed by atoms with Crippen LogP contribution in [-0.4, -0.2) is 44.8 Å². The number of aryl methyl sites for hydroxylation is 1. The van der Waals surface area contributed by atoms with E-state index in [4.69, 9.17) is 0 Å². The Morgan fingerprint density at radius 2 is 2.19 bits per heavy atom. The minimum atomic E-state index is -0.313. The summed E-state index contributed by atoms with van der Waals surface area (Å²) in [6, 6.07) is 6.19. The standard InChI is InChI=1S/C18H19FN6O/c1-24-16(6-7-22-24)18(26)23-13-3-2-8-25(10-13)17-14-9-12(19)4-5-15(14)20-11-21-17/h4-7,9,11,13H,2-3,8,10H2,1H3,(H,23,26). The van der Waals surface area contributed by atoms with E-state index in [9.17, 15) is 9.18 Å². The van der Waals surface area contributed by atoms with Crippen LogP contribution in [0.15, 0.2) is 36.8 Å². The first-order valence-corrected chi connectivity index (χ1v) is 8.56. The lowest BCUT2D eigenvalue weighted by Gasteiger charge is -2.34. The van der Waals surface area contributed by atoms with Crippen molar-refractivity contribution in [3.05, 3.63) is 48.3 Å². The Bertz CT molecular complexity index is 956. The second-order valence-corrected chi connectivity index (χ2v) is 6.46. The largest absolute Gasteiger partial charge is 0.354 e. The molecule has 1 aromatic carbocycles. The lowest BCUT2D eigenvalue weighted by Crippen LogP contribution is -2.48. The topological polar surface area (TPSA) is 75.9 Å². The van der Waals surface area contributed by atoms with Gasteiger partial charge in [0, 0.05) is 37.8 Å². The normalized spacial score (nSPS) is 17.5. The summed E-state index contributed by atoms with van der Waals surface area (Å²) in [5, 5.41) is 7.78. The van der Waals surface area contributed by atoms with Gasteiger partial charge in [-0.25, -0.2) is 14.4 Å². The van der Waals surface area contributed by atoms with Crippen molar-refractivity contribution in [3.8, 4) is 0 Å². The van der Waals surface area contributed by atoms with Gasteiger partial charge in [-0.1, -0.05) is 0 Å². The van der Waals surface area contributed by atoms with Crippen LogP contribution in [0, 0.1) is 5.82 Å². The number of benzene rings is 1. The Kier molecular flexibility index (Phi) is 4.24. The van der Waals surface area contributed by atoms with E-state index in [0.29, 0.717) is 29.0 Å². The van der Waals surface area contributed by atoms with E-state index in [1.54, 1.807) is 30.1 Å². The maximum absolute atomic E-state index is 13.7. The monoisotopic (exact) mass is 354 g/mol. The number of anilines is 1. The number of carbonyl (C=O) groups excluding carboxylic acids is 1. The Morgan fingerprint density at radius 1 is 1.31 bits per heavy atom. The molecule has 1 aliphatic rings. The number of fused-ring (bicyclic) bond motifs is 1. The van der Waals surface area contributed by atoms with Gasteiger partial charge in [0.15, 0.2) is 0 Å². The smallest absolute Gasteiger partial charge is 0.269 e. The van der Waals surface area contributed by atoms with Gasteiger partial charge in [-0.3, -0.25) is 9.48 Å². The van der Waals surface area contributed by atoms with Gasteiger partial charge in [-0.05, 0) is 37.1 Å². The number of carbonyl (C=O) groups is 1. The second kappa shape index (κ2) is 6.70. The zero-order valence-corrected chi connectivity index (χ0v) is 14.4. The van der Waals surface area contributed by atoms with E-state index in [2.05, 4.69) is 25.3 Å². The summed E-state index contributed by atoms with van der Waals surface area (Å²) in [7, 11) is 1.74. The molecule has 7 nitrogen and oxygen atoms in total. The molecule has 1 amide bonds. The van der Waals surface area contributed by atoms with Crippen LogP contribution in [0.2, 0.25) is 0 Å². The van der Waals surface area contributed by atoms with Crippen LogP contribution in [0.5, 0.6) is 0 Å². The number of nitrogens with zero attached hydrogens (tertiary/aromatic N) is 5. The Balaban J connectivity index is 1.55. The number of hydrogen-bond donors (Lipinski definition) is 1. The van der Waals surface area contributed by atoms with E-state index >= 15 is 0 Å². The predicted octanol–water partition coefficient (Wildman–Crippen LogP) is 1.90.